The summed E-state index contributed by atoms with van der Waals surface area (Å²) in [6, 6.07) is 9.14. The number of morpholine rings is 1. The quantitative estimate of drug-likeness (QED) is 0.831. The van der Waals surface area contributed by atoms with E-state index in [0.717, 1.165) is 5.75 Å². The highest BCUT2D eigenvalue weighted by molar-refractivity contribution is 5.80. The number of carbonyl (C=O) groups excluding carboxylic acids is 1. The van der Waals surface area contributed by atoms with E-state index in [1.165, 1.54) is 0 Å². The van der Waals surface area contributed by atoms with E-state index in [4.69, 9.17) is 9.47 Å². The topological polar surface area (TPSA) is 69.5 Å². The van der Waals surface area contributed by atoms with Crippen LogP contribution in [0.5, 0.6) is 5.75 Å². The van der Waals surface area contributed by atoms with Crippen LogP contribution < -0.4 is 4.74 Å². The first kappa shape index (κ1) is 15.5. The molecule has 1 aliphatic rings. The van der Waals surface area contributed by atoms with Crippen molar-refractivity contribution in [3.63, 3.8) is 0 Å². The lowest BCUT2D eigenvalue weighted by atomic mass is 10.2. The lowest BCUT2D eigenvalue weighted by Gasteiger charge is -2.29. The normalized spacial score (nSPS) is 16.1. The van der Waals surface area contributed by atoms with Crippen LogP contribution in [-0.2, 0) is 16.1 Å². The van der Waals surface area contributed by atoms with Crippen LogP contribution in [0.2, 0.25) is 0 Å². The third kappa shape index (κ3) is 3.87. The zero-order chi connectivity index (χ0) is 16.1. The molecular formula is C16H20N4O3. The maximum absolute atomic E-state index is 12.4. The minimum atomic E-state index is -0.383. The highest BCUT2D eigenvalue weighted by atomic mass is 16.5. The van der Waals surface area contributed by atoms with Crippen molar-refractivity contribution in [3.05, 3.63) is 42.2 Å². The highest BCUT2D eigenvalue weighted by Gasteiger charge is 2.24. The summed E-state index contributed by atoms with van der Waals surface area (Å²) in [4.78, 5) is 14.2. The summed E-state index contributed by atoms with van der Waals surface area (Å²) in [7, 11) is 0. The minimum Gasteiger partial charge on any atom is -0.487 e. The van der Waals surface area contributed by atoms with Gasteiger partial charge in [0.05, 0.1) is 19.4 Å². The van der Waals surface area contributed by atoms with Gasteiger partial charge in [-0.2, -0.15) is 0 Å². The molecule has 0 N–H and O–H groups in total. The van der Waals surface area contributed by atoms with Crippen molar-refractivity contribution in [2.45, 2.75) is 19.6 Å². The van der Waals surface area contributed by atoms with E-state index >= 15 is 0 Å². The highest BCUT2D eigenvalue weighted by Crippen LogP contribution is 2.13. The Bertz CT molecular complexity index is 638. The number of ether oxygens (including phenoxy) is 2. The first-order valence-electron chi connectivity index (χ1n) is 7.69. The molecule has 0 bridgehead atoms. The molecule has 7 heteroatoms. The van der Waals surface area contributed by atoms with Gasteiger partial charge >= 0.3 is 0 Å². The van der Waals surface area contributed by atoms with Crippen LogP contribution in [0.15, 0.2) is 36.5 Å². The first-order chi connectivity index (χ1) is 11.2. The molecule has 2 aromatic rings. The van der Waals surface area contributed by atoms with Crippen molar-refractivity contribution in [1.82, 2.24) is 19.9 Å². The lowest BCUT2D eigenvalue weighted by molar-refractivity contribution is -0.138. The van der Waals surface area contributed by atoms with Gasteiger partial charge in [-0.25, -0.2) is 4.68 Å². The Hall–Kier alpha value is -2.41. The molecule has 2 heterocycles. The third-order valence-electron chi connectivity index (χ3n) is 3.76. The fourth-order valence-corrected chi connectivity index (χ4v) is 2.40. The molecule has 0 saturated carbocycles. The number of para-hydroxylation sites is 1. The Balaban J connectivity index is 1.58. The molecule has 7 nitrogen and oxygen atoms in total. The number of amides is 1. The number of nitrogens with zero attached hydrogens (tertiary/aromatic N) is 4. The Labute approximate surface area is 134 Å². The van der Waals surface area contributed by atoms with Crippen molar-refractivity contribution < 1.29 is 14.3 Å². The Morgan fingerprint density at radius 1 is 1.30 bits per heavy atom. The van der Waals surface area contributed by atoms with Crippen molar-refractivity contribution in [3.8, 4) is 5.75 Å². The van der Waals surface area contributed by atoms with E-state index in [1.54, 1.807) is 15.8 Å². The monoisotopic (exact) mass is 316 g/mol. The van der Waals surface area contributed by atoms with E-state index in [9.17, 15) is 4.79 Å². The SMILES string of the molecule is C[C@@H](C(=O)N1CCOCC1)n1cc(COc2ccccc2)nn1. The number of benzene rings is 1. The summed E-state index contributed by atoms with van der Waals surface area (Å²) < 4.78 is 12.5. The van der Waals surface area contributed by atoms with Crippen LogP contribution >= 0.6 is 0 Å². The summed E-state index contributed by atoms with van der Waals surface area (Å²) in [6.45, 7) is 4.58. The summed E-state index contributed by atoms with van der Waals surface area (Å²) in [6.07, 6.45) is 1.76. The molecule has 0 unspecified atom stereocenters. The van der Waals surface area contributed by atoms with Gasteiger partial charge in [-0.15, -0.1) is 5.10 Å². The number of hydrogen-bond acceptors (Lipinski definition) is 5. The van der Waals surface area contributed by atoms with Gasteiger partial charge in [-0.1, -0.05) is 23.4 Å². The van der Waals surface area contributed by atoms with Crippen LogP contribution in [0.4, 0.5) is 0 Å². The average molecular weight is 316 g/mol. The van der Waals surface area contributed by atoms with Crippen molar-refractivity contribution >= 4 is 5.91 Å². The van der Waals surface area contributed by atoms with Gasteiger partial charge in [0.2, 0.25) is 5.91 Å². The summed E-state index contributed by atoms with van der Waals surface area (Å²) >= 11 is 0. The van der Waals surface area contributed by atoms with Crippen molar-refractivity contribution in [2.24, 2.45) is 0 Å². The molecule has 3 rings (SSSR count). The van der Waals surface area contributed by atoms with Crippen LogP contribution in [0.25, 0.3) is 0 Å². The molecule has 1 atom stereocenters. The van der Waals surface area contributed by atoms with Crippen LogP contribution in [-0.4, -0.2) is 52.1 Å². The summed E-state index contributed by atoms with van der Waals surface area (Å²) in [5.74, 6) is 0.813. The predicted molar refractivity (Wildman–Crippen MR) is 82.9 cm³/mol. The molecule has 0 radical (unpaired) electrons. The molecule has 0 aliphatic carbocycles. The van der Waals surface area contributed by atoms with Gasteiger partial charge in [0.1, 0.15) is 24.1 Å². The van der Waals surface area contributed by atoms with Gasteiger partial charge in [0.25, 0.3) is 0 Å². The molecule has 23 heavy (non-hydrogen) atoms. The Morgan fingerprint density at radius 3 is 2.78 bits per heavy atom. The fraction of sp³-hybridized carbons (Fsp3) is 0.438. The standard InChI is InChI=1S/C16H20N4O3/c1-13(16(21)19-7-9-22-10-8-19)20-11-14(17-18-20)12-23-15-5-3-2-4-6-15/h2-6,11,13H,7-10,12H2,1H3/t13-/m0/s1. The van der Waals surface area contributed by atoms with Gasteiger partial charge in [0, 0.05) is 13.1 Å². The molecular weight excluding hydrogens is 296 g/mol. The summed E-state index contributed by atoms with van der Waals surface area (Å²) in [5.41, 5.74) is 0.690. The molecule has 1 saturated heterocycles. The zero-order valence-electron chi connectivity index (χ0n) is 13.1. The fourth-order valence-electron chi connectivity index (χ4n) is 2.40. The molecule has 1 amide bonds. The maximum Gasteiger partial charge on any atom is 0.247 e. The van der Waals surface area contributed by atoms with Crippen molar-refractivity contribution in [2.75, 3.05) is 26.3 Å². The second-order valence-corrected chi connectivity index (χ2v) is 5.41. The van der Waals surface area contributed by atoms with Crippen LogP contribution in [0.3, 0.4) is 0 Å². The van der Waals surface area contributed by atoms with E-state index < -0.39 is 0 Å². The maximum atomic E-state index is 12.4. The Kier molecular flexibility index (Phi) is 4.87. The van der Waals surface area contributed by atoms with Gasteiger partial charge in [0.15, 0.2) is 0 Å². The molecule has 1 aliphatic heterocycles. The number of aromatic nitrogens is 3. The summed E-state index contributed by atoms with van der Waals surface area (Å²) in [5, 5.41) is 8.12. The van der Waals surface area contributed by atoms with E-state index in [1.807, 2.05) is 37.3 Å². The third-order valence-corrected chi connectivity index (χ3v) is 3.76. The second kappa shape index (κ2) is 7.23. The smallest absolute Gasteiger partial charge is 0.247 e. The predicted octanol–water partition coefficient (Wildman–Crippen LogP) is 1.28. The van der Waals surface area contributed by atoms with Gasteiger partial charge in [-0.05, 0) is 19.1 Å². The number of carbonyl (C=O) groups is 1. The lowest BCUT2D eigenvalue weighted by Crippen LogP contribution is -2.43. The second-order valence-electron chi connectivity index (χ2n) is 5.41. The zero-order valence-corrected chi connectivity index (χ0v) is 13.1. The van der Waals surface area contributed by atoms with Crippen LogP contribution in [0, 0.1) is 0 Å². The first-order valence-corrected chi connectivity index (χ1v) is 7.69. The van der Waals surface area contributed by atoms with Gasteiger partial charge in [-0.3, -0.25) is 4.79 Å². The van der Waals surface area contributed by atoms with E-state index in [2.05, 4.69) is 10.3 Å². The van der Waals surface area contributed by atoms with E-state index in [0.29, 0.717) is 38.6 Å². The van der Waals surface area contributed by atoms with Crippen LogP contribution in [0.1, 0.15) is 18.7 Å². The molecule has 1 fully saturated rings. The minimum absolute atomic E-state index is 0.0359. The number of hydrogen-bond donors (Lipinski definition) is 0. The molecule has 0 spiro atoms. The van der Waals surface area contributed by atoms with Gasteiger partial charge < -0.3 is 14.4 Å². The largest absolute Gasteiger partial charge is 0.487 e. The van der Waals surface area contributed by atoms with E-state index in [-0.39, 0.29) is 11.9 Å². The Morgan fingerprint density at radius 2 is 2.04 bits per heavy atom. The molecule has 1 aromatic carbocycles. The number of rotatable bonds is 5. The average Bonchev–Trinajstić information content (AvgIpc) is 3.09. The molecule has 1 aromatic heterocycles. The van der Waals surface area contributed by atoms with Crippen molar-refractivity contribution in [1.29, 1.82) is 0 Å². The molecule has 122 valence electrons.